The van der Waals surface area contributed by atoms with Crippen molar-refractivity contribution in [2.45, 2.75) is 32.8 Å². The van der Waals surface area contributed by atoms with Crippen LogP contribution in [-0.2, 0) is 6.42 Å². The summed E-state index contributed by atoms with van der Waals surface area (Å²) in [5.41, 5.74) is 1.35. The van der Waals surface area contributed by atoms with Crippen molar-refractivity contribution in [3.63, 3.8) is 0 Å². The van der Waals surface area contributed by atoms with Gasteiger partial charge in [0.1, 0.15) is 11.9 Å². The van der Waals surface area contributed by atoms with Crippen LogP contribution in [0.1, 0.15) is 25.8 Å². The van der Waals surface area contributed by atoms with Crippen LogP contribution in [0, 0.1) is 0 Å². The van der Waals surface area contributed by atoms with E-state index in [9.17, 15) is 0 Å². The SMILES string of the molecule is CC.CN(C)C[C@H]1CCc2ccccc2O1. The second kappa shape index (κ2) is 6.54. The Kier molecular flexibility index (Phi) is 5.33. The second-order valence-electron chi connectivity index (χ2n) is 4.15. The van der Waals surface area contributed by atoms with Gasteiger partial charge in [0.05, 0.1) is 0 Å². The van der Waals surface area contributed by atoms with Crippen LogP contribution in [0.15, 0.2) is 24.3 Å². The first kappa shape index (κ1) is 13.0. The molecule has 0 spiro atoms. The van der Waals surface area contributed by atoms with Crippen molar-refractivity contribution in [1.82, 2.24) is 4.90 Å². The summed E-state index contributed by atoms with van der Waals surface area (Å²) < 4.78 is 5.90. The van der Waals surface area contributed by atoms with E-state index in [-0.39, 0.29) is 0 Å². The molecular formula is C14H23NO. The van der Waals surface area contributed by atoms with E-state index < -0.39 is 0 Å². The molecule has 1 heterocycles. The molecule has 2 rings (SSSR count). The van der Waals surface area contributed by atoms with Crippen LogP contribution in [0.25, 0.3) is 0 Å². The topological polar surface area (TPSA) is 12.5 Å². The molecular weight excluding hydrogens is 198 g/mol. The minimum absolute atomic E-state index is 0.361. The van der Waals surface area contributed by atoms with Gasteiger partial charge in [-0.1, -0.05) is 32.0 Å². The van der Waals surface area contributed by atoms with Crippen molar-refractivity contribution in [3.05, 3.63) is 29.8 Å². The maximum Gasteiger partial charge on any atom is 0.122 e. The Labute approximate surface area is 99.2 Å². The molecule has 0 radical (unpaired) electrons. The number of aryl methyl sites for hydroxylation is 1. The Balaban J connectivity index is 0.000000606. The lowest BCUT2D eigenvalue weighted by atomic mass is 10.0. The van der Waals surface area contributed by atoms with E-state index in [2.05, 4.69) is 37.2 Å². The molecule has 0 N–H and O–H groups in total. The average Bonchev–Trinajstić information content (AvgIpc) is 2.31. The largest absolute Gasteiger partial charge is 0.489 e. The lowest BCUT2D eigenvalue weighted by molar-refractivity contribution is 0.137. The number of ether oxygens (including phenoxy) is 1. The highest BCUT2D eigenvalue weighted by atomic mass is 16.5. The quantitative estimate of drug-likeness (QED) is 0.761. The van der Waals surface area contributed by atoms with Gasteiger partial charge in [-0.05, 0) is 38.6 Å². The Bertz CT molecular complexity index is 309. The van der Waals surface area contributed by atoms with Crippen molar-refractivity contribution in [2.24, 2.45) is 0 Å². The molecule has 0 saturated carbocycles. The van der Waals surface area contributed by atoms with Gasteiger partial charge in [0.25, 0.3) is 0 Å². The fourth-order valence-corrected chi connectivity index (χ4v) is 1.92. The van der Waals surface area contributed by atoms with Gasteiger partial charge in [-0.25, -0.2) is 0 Å². The predicted octanol–water partition coefficient (Wildman–Crippen LogP) is 2.97. The van der Waals surface area contributed by atoms with Gasteiger partial charge in [-0.3, -0.25) is 0 Å². The first-order valence-corrected chi connectivity index (χ1v) is 6.15. The van der Waals surface area contributed by atoms with Crippen molar-refractivity contribution in [2.75, 3.05) is 20.6 Å². The van der Waals surface area contributed by atoms with E-state index in [0.717, 1.165) is 25.1 Å². The van der Waals surface area contributed by atoms with Gasteiger partial charge in [-0.2, -0.15) is 0 Å². The predicted molar refractivity (Wildman–Crippen MR) is 69.1 cm³/mol. The smallest absolute Gasteiger partial charge is 0.122 e. The van der Waals surface area contributed by atoms with Crippen LogP contribution < -0.4 is 4.74 Å². The zero-order valence-corrected chi connectivity index (χ0v) is 10.9. The first-order valence-electron chi connectivity index (χ1n) is 6.15. The Morgan fingerprint density at radius 3 is 2.62 bits per heavy atom. The van der Waals surface area contributed by atoms with E-state index in [4.69, 9.17) is 4.74 Å². The standard InChI is InChI=1S/C12H17NO.C2H6/c1-13(2)9-11-8-7-10-5-3-4-6-12(10)14-11;1-2/h3-6,11H,7-9H2,1-2H3;1-2H3/t11-;/m1./s1. The Hall–Kier alpha value is -1.02. The molecule has 0 amide bonds. The molecule has 1 aliphatic heterocycles. The van der Waals surface area contributed by atoms with E-state index >= 15 is 0 Å². The molecule has 0 saturated heterocycles. The highest BCUT2D eigenvalue weighted by molar-refractivity contribution is 5.35. The van der Waals surface area contributed by atoms with Gasteiger partial charge < -0.3 is 9.64 Å². The minimum Gasteiger partial charge on any atom is -0.489 e. The third kappa shape index (κ3) is 3.53. The molecule has 2 heteroatoms. The summed E-state index contributed by atoms with van der Waals surface area (Å²) >= 11 is 0. The molecule has 0 fully saturated rings. The molecule has 1 aromatic rings. The summed E-state index contributed by atoms with van der Waals surface area (Å²) in [5.74, 6) is 1.07. The van der Waals surface area contributed by atoms with Gasteiger partial charge >= 0.3 is 0 Å². The molecule has 0 aliphatic carbocycles. The zero-order valence-electron chi connectivity index (χ0n) is 10.9. The van der Waals surface area contributed by atoms with E-state index in [1.807, 2.05) is 19.9 Å². The van der Waals surface area contributed by atoms with Crippen LogP contribution in [0.2, 0.25) is 0 Å². The second-order valence-corrected chi connectivity index (χ2v) is 4.15. The molecule has 0 aromatic heterocycles. The van der Waals surface area contributed by atoms with Crippen molar-refractivity contribution in [1.29, 1.82) is 0 Å². The number of likely N-dealkylation sites (N-methyl/N-ethyl adjacent to an activating group) is 1. The van der Waals surface area contributed by atoms with Crippen molar-refractivity contribution >= 4 is 0 Å². The summed E-state index contributed by atoms with van der Waals surface area (Å²) in [4.78, 5) is 2.18. The molecule has 1 aliphatic rings. The number of para-hydroxylation sites is 1. The Morgan fingerprint density at radius 1 is 1.25 bits per heavy atom. The molecule has 2 nitrogen and oxygen atoms in total. The molecule has 16 heavy (non-hydrogen) atoms. The van der Waals surface area contributed by atoms with Crippen molar-refractivity contribution in [3.8, 4) is 5.75 Å². The summed E-state index contributed by atoms with van der Waals surface area (Å²) in [7, 11) is 4.17. The lowest BCUT2D eigenvalue weighted by Crippen LogP contribution is -2.33. The highest BCUT2D eigenvalue weighted by Gasteiger charge is 2.19. The maximum atomic E-state index is 5.90. The molecule has 90 valence electrons. The first-order chi connectivity index (χ1) is 7.75. The third-order valence-corrected chi connectivity index (χ3v) is 2.57. The number of hydrogen-bond donors (Lipinski definition) is 0. The highest BCUT2D eigenvalue weighted by Crippen LogP contribution is 2.26. The summed E-state index contributed by atoms with van der Waals surface area (Å²) in [6.45, 7) is 5.01. The van der Waals surface area contributed by atoms with Crippen molar-refractivity contribution < 1.29 is 4.74 Å². The zero-order chi connectivity index (χ0) is 12.0. The van der Waals surface area contributed by atoms with Gasteiger partial charge in [0.2, 0.25) is 0 Å². The van der Waals surface area contributed by atoms with E-state index in [1.165, 1.54) is 5.56 Å². The molecule has 0 unspecified atom stereocenters. The molecule has 1 aromatic carbocycles. The number of hydrogen-bond acceptors (Lipinski definition) is 2. The van der Waals surface area contributed by atoms with Crippen LogP contribution in [-0.4, -0.2) is 31.6 Å². The van der Waals surface area contributed by atoms with Crippen LogP contribution in [0.4, 0.5) is 0 Å². The third-order valence-electron chi connectivity index (χ3n) is 2.57. The number of benzene rings is 1. The maximum absolute atomic E-state index is 5.90. The van der Waals surface area contributed by atoms with Crippen LogP contribution in [0.3, 0.4) is 0 Å². The van der Waals surface area contributed by atoms with Crippen LogP contribution >= 0.6 is 0 Å². The van der Waals surface area contributed by atoms with Gasteiger partial charge in [-0.15, -0.1) is 0 Å². The fourth-order valence-electron chi connectivity index (χ4n) is 1.92. The van der Waals surface area contributed by atoms with E-state index in [1.54, 1.807) is 0 Å². The monoisotopic (exact) mass is 221 g/mol. The number of rotatable bonds is 2. The van der Waals surface area contributed by atoms with Gasteiger partial charge in [0.15, 0.2) is 0 Å². The summed E-state index contributed by atoms with van der Waals surface area (Å²) in [6.07, 6.45) is 2.64. The van der Waals surface area contributed by atoms with E-state index in [0.29, 0.717) is 6.10 Å². The lowest BCUT2D eigenvalue weighted by Gasteiger charge is -2.28. The van der Waals surface area contributed by atoms with Crippen LogP contribution in [0.5, 0.6) is 5.75 Å². The summed E-state index contributed by atoms with van der Waals surface area (Å²) in [6, 6.07) is 8.34. The summed E-state index contributed by atoms with van der Waals surface area (Å²) in [5, 5.41) is 0. The average molecular weight is 221 g/mol. The normalized spacial score (nSPS) is 18.2. The number of nitrogens with zero attached hydrogens (tertiary/aromatic N) is 1. The molecule has 1 atom stereocenters. The fraction of sp³-hybridized carbons (Fsp3) is 0.571. The molecule has 0 bridgehead atoms. The minimum atomic E-state index is 0.361. The Morgan fingerprint density at radius 2 is 1.94 bits per heavy atom. The van der Waals surface area contributed by atoms with Gasteiger partial charge in [0, 0.05) is 6.54 Å². The number of fused-ring (bicyclic) bond motifs is 1.